The van der Waals surface area contributed by atoms with E-state index >= 15 is 0 Å². The van der Waals surface area contributed by atoms with E-state index in [0.717, 1.165) is 22.0 Å². The van der Waals surface area contributed by atoms with E-state index in [0.29, 0.717) is 0 Å². The monoisotopic (exact) mass is 253 g/mol. The summed E-state index contributed by atoms with van der Waals surface area (Å²) in [6.45, 7) is 0. The lowest BCUT2D eigenvalue weighted by Crippen LogP contribution is -1.99. The van der Waals surface area contributed by atoms with Gasteiger partial charge in [0.25, 0.3) is 0 Å². The molecule has 94 valence electrons. The van der Waals surface area contributed by atoms with Gasteiger partial charge in [0.2, 0.25) is 0 Å². The van der Waals surface area contributed by atoms with Crippen molar-refractivity contribution in [3.63, 3.8) is 0 Å². The molecular weight excluding hydrogens is 242 g/mol. The number of rotatable bonds is 2. The van der Waals surface area contributed by atoms with Crippen LogP contribution in [-0.2, 0) is 7.05 Å². The molecule has 0 saturated heterocycles. The van der Waals surface area contributed by atoms with E-state index in [9.17, 15) is 4.79 Å². The Bertz CT molecular complexity index is 760. The second-order valence-corrected chi connectivity index (χ2v) is 4.31. The third-order valence-corrected chi connectivity index (χ3v) is 2.94. The van der Waals surface area contributed by atoms with Crippen LogP contribution in [0.25, 0.3) is 22.0 Å². The lowest BCUT2D eigenvalue weighted by atomic mass is 10.1. The van der Waals surface area contributed by atoms with E-state index in [1.165, 1.54) is 6.07 Å². The van der Waals surface area contributed by atoms with Crippen LogP contribution in [0.3, 0.4) is 0 Å². The Hall–Kier alpha value is -2.69. The quantitative estimate of drug-likeness (QED) is 0.761. The molecule has 1 aromatic carbocycles. The summed E-state index contributed by atoms with van der Waals surface area (Å²) < 4.78 is 1.76. The van der Waals surface area contributed by atoms with Crippen LogP contribution in [0.15, 0.2) is 42.7 Å². The molecule has 0 aliphatic carbocycles. The zero-order valence-electron chi connectivity index (χ0n) is 10.2. The van der Waals surface area contributed by atoms with Gasteiger partial charge in [0.1, 0.15) is 5.69 Å². The van der Waals surface area contributed by atoms with Gasteiger partial charge in [-0.05, 0) is 17.7 Å². The van der Waals surface area contributed by atoms with Crippen LogP contribution in [0.1, 0.15) is 10.5 Å². The van der Waals surface area contributed by atoms with Gasteiger partial charge in [-0.3, -0.25) is 4.68 Å². The predicted octanol–water partition coefficient (Wildman–Crippen LogP) is 2.33. The Morgan fingerprint density at radius 2 is 2.00 bits per heavy atom. The SMILES string of the molecule is Cn1cc2ccc(-c3ccc(C(=O)O)nc3)cc2n1. The molecule has 0 aliphatic heterocycles. The van der Waals surface area contributed by atoms with Crippen molar-refractivity contribution in [3.8, 4) is 11.1 Å². The maximum Gasteiger partial charge on any atom is 0.354 e. The maximum absolute atomic E-state index is 10.8. The molecule has 2 aromatic heterocycles. The van der Waals surface area contributed by atoms with Gasteiger partial charge in [-0.15, -0.1) is 0 Å². The number of carboxylic acids is 1. The van der Waals surface area contributed by atoms with E-state index < -0.39 is 5.97 Å². The first-order valence-corrected chi connectivity index (χ1v) is 5.76. The molecule has 5 heteroatoms. The molecule has 5 nitrogen and oxygen atoms in total. The van der Waals surface area contributed by atoms with Gasteiger partial charge in [-0.1, -0.05) is 18.2 Å². The van der Waals surface area contributed by atoms with Crippen molar-refractivity contribution in [2.45, 2.75) is 0 Å². The van der Waals surface area contributed by atoms with Gasteiger partial charge in [0.15, 0.2) is 0 Å². The summed E-state index contributed by atoms with van der Waals surface area (Å²) in [6.07, 6.45) is 3.51. The van der Waals surface area contributed by atoms with Gasteiger partial charge in [0.05, 0.1) is 5.52 Å². The molecule has 3 aromatic rings. The number of aryl methyl sites for hydroxylation is 1. The zero-order chi connectivity index (χ0) is 13.4. The Balaban J connectivity index is 2.05. The first-order chi connectivity index (χ1) is 9.13. The average molecular weight is 253 g/mol. The molecule has 0 atom stereocenters. The van der Waals surface area contributed by atoms with Crippen molar-refractivity contribution in [1.82, 2.24) is 14.8 Å². The molecule has 1 N–H and O–H groups in total. The summed E-state index contributed by atoms with van der Waals surface area (Å²) in [4.78, 5) is 14.7. The smallest absolute Gasteiger partial charge is 0.354 e. The summed E-state index contributed by atoms with van der Waals surface area (Å²) in [6, 6.07) is 9.18. The molecule has 0 unspecified atom stereocenters. The second kappa shape index (κ2) is 4.20. The first-order valence-electron chi connectivity index (χ1n) is 5.76. The molecule has 0 spiro atoms. The van der Waals surface area contributed by atoms with Crippen molar-refractivity contribution < 1.29 is 9.90 Å². The standard InChI is InChI=1S/C14H11N3O2/c1-17-8-11-3-2-9(6-13(11)16-17)10-4-5-12(14(18)19)15-7-10/h2-8H,1H3,(H,18,19). The predicted molar refractivity (Wildman–Crippen MR) is 70.9 cm³/mol. The Labute approximate surface area is 109 Å². The topological polar surface area (TPSA) is 68.0 Å². The van der Waals surface area contributed by atoms with Crippen LogP contribution in [0.2, 0.25) is 0 Å². The first kappa shape index (κ1) is 11.4. The molecule has 0 saturated carbocycles. The van der Waals surface area contributed by atoms with Crippen molar-refractivity contribution in [2.75, 3.05) is 0 Å². The summed E-state index contributed by atoms with van der Waals surface area (Å²) >= 11 is 0. The number of benzene rings is 1. The second-order valence-electron chi connectivity index (χ2n) is 4.31. The molecule has 0 radical (unpaired) electrons. The van der Waals surface area contributed by atoms with Crippen molar-refractivity contribution in [2.24, 2.45) is 7.05 Å². The summed E-state index contributed by atoms with van der Waals surface area (Å²) in [7, 11) is 1.88. The number of pyridine rings is 1. The Kier molecular flexibility index (Phi) is 2.52. The summed E-state index contributed by atoms with van der Waals surface area (Å²) in [5.74, 6) is -1.02. The van der Waals surface area contributed by atoms with Crippen molar-refractivity contribution in [1.29, 1.82) is 0 Å². The van der Waals surface area contributed by atoms with Crippen LogP contribution >= 0.6 is 0 Å². The fourth-order valence-corrected chi connectivity index (χ4v) is 2.01. The van der Waals surface area contributed by atoms with E-state index in [4.69, 9.17) is 5.11 Å². The molecule has 3 rings (SSSR count). The van der Waals surface area contributed by atoms with E-state index in [1.54, 1.807) is 16.9 Å². The zero-order valence-corrected chi connectivity index (χ0v) is 10.2. The van der Waals surface area contributed by atoms with Gasteiger partial charge >= 0.3 is 5.97 Å². The van der Waals surface area contributed by atoms with Crippen LogP contribution in [-0.4, -0.2) is 25.8 Å². The highest BCUT2D eigenvalue weighted by Gasteiger charge is 2.06. The third-order valence-electron chi connectivity index (χ3n) is 2.94. The van der Waals surface area contributed by atoms with E-state index in [2.05, 4.69) is 10.1 Å². The minimum absolute atomic E-state index is 0.0441. The minimum Gasteiger partial charge on any atom is -0.477 e. The van der Waals surface area contributed by atoms with Gasteiger partial charge in [-0.2, -0.15) is 5.10 Å². The molecule has 0 aliphatic rings. The number of nitrogens with zero attached hydrogens (tertiary/aromatic N) is 3. The molecular formula is C14H11N3O2. The van der Waals surface area contributed by atoms with Crippen LogP contribution in [0.5, 0.6) is 0 Å². The summed E-state index contributed by atoms with van der Waals surface area (Å²) in [5.41, 5.74) is 2.79. The van der Waals surface area contributed by atoms with Gasteiger partial charge in [0, 0.05) is 30.4 Å². The number of fused-ring (bicyclic) bond motifs is 1. The fraction of sp³-hybridized carbons (Fsp3) is 0.0714. The third kappa shape index (κ3) is 2.06. The summed E-state index contributed by atoms with van der Waals surface area (Å²) in [5, 5.41) is 14.2. The van der Waals surface area contributed by atoms with Crippen molar-refractivity contribution >= 4 is 16.9 Å². The average Bonchev–Trinajstić information content (AvgIpc) is 2.77. The lowest BCUT2D eigenvalue weighted by molar-refractivity contribution is 0.0690. The Morgan fingerprint density at radius 3 is 2.68 bits per heavy atom. The highest BCUT2D eigenvalue weighted by atomic mass is 16.4. The van der Waals surface area contributed by atoms with Crippen LogP contribution < -0.4 is 0 Å². The number of carboxylic acid groups (broad SMARTS) is 1. The van der Waals surface area contributed by atoms with Crippen LogP contribution in [0, 0.1) is 0 Å². The minimum atomic E-state index is -1.02. The Morgan fingerprint density at radius 1 is 1.21 bits per heavy atom. The van der Waals surface area contributed by atoms with E-state index in [-0.39, 0.29) is 5.69 Å². The number of hydrogen-bond donors (Lipinski definition) is 1. The number of hydrogen-bond acceptors (Lipinski definition) is 3. The number of aromatic nitrogens is 3. The van der Waals surface area contributed by atoms with E-state index in [1.807, 2.05) is 31.4 Å². The number of carbonyl (C=O) groups is 1. The fourth-order valence-electron chi connectivity index (χ4n) is 2.01. The highest BCUT2D eigenvalue weighted by molar-refractivity contribution is 5.87. The molecule has 0 bridgehead atoms. The van der Waals surface area contributed by atoms with Crippen molar-refractivity contribution in [3.05, 3.63) is 48.4 Å². The maximum atomic E-state index is 10.8. The molecule has 2 heterocycles. The lowest BCUT2D eigenvalue weighted by Gasteiger charge is -2.01. The van der Waals surface area contributed by atoms with Gasteiger partial charge in [-0.25, -0.2) is 9.78 Å². The highest BCUT2D eigenvalue weighted by Crippen LogP contribution is 2.23. The van der Waals surface area contributed by atoms with Gasteiger partial charge < -0.3 is 5.11 Å². The number of aromatic carboxylic acids is 1. The molecule has 19 heavy (non-hydrogen) atoms. The van der Waals surface area contributed by atoms with Crippen LogP contribution in [0.4, 0.5) is 0 Å². The molecule has 0 fully saturated rings. The normalized spacial score (nSPS) is 10.8. The largest absolute Gasteiger partial charge is 0.477 e. The molecule has 0 amide bonds.